The second kappa shape index (κ2) is 7.53. The first kappa shape index (κ1) is 17.9. The van der Waals surface area contributed by atoms with E-state index in [1.165, 1.54) is 12.3 Å². The van der Waals surface area contributed by atoms with Gasteiger partial charge in [-0.1, -0.05) is 36.4 Å². The quantitative estimate of drug-likeness (QED) is 0.714. The Balaban J connectivity index is 1.81. The number of halogens is 3. The molecule has 1 aromatic heterocycles. The normalized spacial score (nSPS) is 11.4. The largest absolute Gasteiger partial charge is 0.416 e. The molecular weight excluding hydrogens is 343 g/mol. The summed E-state index contributed by atoms with van der Waals surface area (Å²) in [5.74, 6) is 0.474. The van der Waals surface area contributed by atoms with Gasteiger partial charge < -0.3 is 10.4 Å². The van der Waals surface area contributed by atoms with Crippen LogP contribution < -0.4 is 5.32 Å². The minimum Gasteiger partial charge on any atom is -0.392 e. The predicted octanol–water partition coefficient (Wildman–Crippen LogP) is 4.27. The van der Waals surface area contributed by atoms with Crippen LogP contribution in [0.4, 0.5) is 19.0 Å². The van der Waals surface area contributed by atoms with E-state index in [-0.39, 0.29) is 13.2 Å². The van der Waals surface area contributed by atoms with E-state index in [4.69, 9.17) is 5.11 Å². The Morgan fingerprint density at radius 1 is 0.923 bits per heavy atom. The SMILES string of the molecule is OCc1ccc(-c2nccnc2NCc2cccc(C(F)(F)F)c2)cc1. The summed E-state index contributed by atoms with van der Waals surface area (Å²) in [5, 5.41) is 12.2. The molecule has 0 aliphatic rings. The molecule has 2 aromatic carbocycles. The van der Waals surface area contributed by atoms with Crippen LogP contribution in [0.3, 0.4) is 0 Å². The van der Waals surface area contributed by atoms with Gasteiger partial charge in [-0.3, -0.25) is 4.98 Å². The summed E-state index contributed by atoms with van der Waals surface area (Å²) in [6.07, 6.45) is -1.31. The molecule has 0 saturated heterocycles. The maximum absolute atomic E-state index is 12.8. The van der Waals surface area contributed by atoms with Gasteiger partial charge in [0, 0.05) is 24.5 Å². The fourth-order valence-corrected chi connectivity index (χ4v) is 2.49. The second-order valence-corrected chi connectivity index (χ2v) is 5.66. The van der Waals surface area contributed by atoms with E-state index in [9.17, 15) is 13.2 Å². The molecule has 0 spiro atoms. The predicted molar refractivity (Wildman–Crippen MR) is 92.2 cm³/mol. The fourth-order valence-electron chi connectivity index (χ4n) is 2.49. The van der Waals surface area contributed by atoms with Crippen molar-refractivity contribution in [3.8, 4) is 11.3 Å². The zero-order valence-corrected chi connectivity index (χ0v) is 13.7. The lowest BCUT2D eigenvalue weighted by Crippen LogP contribution is -2.08. The number of hydrogen-bond acceptors (Lipinski definition) is 4. The smallest absolute Gasteiger partial charge is 0.392 e. The standard InChI is InChI=1S/C19H16F3N3O/c20-19(21,22)16-3-1-2-14(10-16)11-25-18-17(23-8-9-24-18)15-6-4-13(12-26)5-7-15/h1-10,26H,11-12H2,(H,24,25). The summed E-state index contributed by atoms with van der Waals surface area (Å²) in [5.41, 5.74) is 1.96. The highest BCUT2D eigenvalue weighted by atomic mass is 19.4. The molecule has 0 radical (unpaired) electrons. The highest BCUT2D eigenvalue weighted by molar-refractivity contribution is 5.71. The first-order chi connectivity index (χ1) is 12.5. The van der Waals surface area contributed by atoms with Gasteiger partial charge in [-0.25, -0.2) is 4.98 Å². The average Bonchev–Trinajstić information content (AvgIpc) is 2.66. The molecule has 1 heterocycles. The van der Waals surface area contributed by atoms with Crippen LogP contribution in [0.25, 0.3) is 11.3 Å². The van der Waals surface area contributed by atoms with Gasteiger partial charge >= 0.3 is 6.18 Å². The van der Waals surface area contributed by atoms with Crippen molar-refractivity contribution >= 4 is 5.82 Å². The number of aliphatic hydroxyl groups excluding tert-OH is 1. The third kappa shape index (κ3) is 4.18. The second-order valence-electron chi connectivity index (χ2n) is 5.66. The van der Waals surface area contributed by atoms with Gasteiger partial charge in [0.05, 0.1) is 12.2 Å². The van der Waals surface area contributed by atoms with Crippen LogP contribution in [0.2, 0.25) is 0 Å². The monoisotopic (exact) mass is 359 g/mol. The molecule has 0 unspecified atom stereocenters. The zero-order chi connectivity index (χ0) is 18.6. The number of aromatic nitrogens is 2. The van der Waals surface area contributed by atoms with E-state index in [1.807, 2.05) is 12.1 Å². The van der Waals surface area contributed by atoms with Crippen molar-refractivity contribution < 1.29 is 18.3 Å². The Bertz CT molecular complexity index is 880. The summed E-state index contributed by atoms with van der Waals surface area (Å²) in [6.45, 7) is 0.131. The minimum atomic E-state index is -4.37. The van der Waals surface area contributed by atoms with E-state index in [0.717, 1.165) is 23.3 Å². The number of alkyl halides is 3. The number of nitrogens with zero attached hydrogens (tertiary/aromatic N) is 2. The van der Waals surface area contributed by atoms with Gasteiger partial charge in [-0.2, -0.15) is 13.2 Å². The molecule has 0 amide bonds. The summed E-state index contributed by atoms with van der Waals surface area (Å²) in [4.78, 5) is 8.54. The number of rotatable bonds is 5. The minimum absolute atomic E-state index is 0.0542. The lowest BCUT2D eigenvalue weighted by molar-refractivity contribution is -0.137. The molecule has 0 atom stereocenters. The van der Waals surface area contributed by atoms with Crippen LogP contribution in [0.15, 0.2) is 60.9 Å². The molecule has 26 heavy (non-hydrogen) atoms. The Hall–Kier alpha value is -2.93. The van der Waals surface area contributed by atoms with E-state index in [2.05, 4.69) is 15.3 Å². The number of aliphatic hydroxyl groups is 1. The number of nitrogens with one attached hydrogen (secondary N) is 1. The van der Waals surface area contributed by atoms with Crippen molar-refractivity contribution in [2.75, 3.05) is 5.32 Å². The van der Waals surface area contributed by atoms with Crippen molar-refractivity contribution in [1.82, 2.24) is 9.97 Å². The van der Waals surface area contributed by atoms with Gasteiger partial charge in [0.2, 0.25) is 0 Å². The highest BCUT2D eigenvalue weighted by Gasteiger charge is 2.30. The topological polar surface area (TPSA) is 58.0 Å². The van der Waals surface area contributed by atoms with Crippen LogP contribution in [0, 0.1) is 0 Å². The Labute approximate surface area is 148 Å². The summed E-state index contributed by atoms with van der Waals surface area (Å²) in [7, 11) is 0. The zero-order valence-electron chi connectivity index (χ0n) is 13.7. The molecule has 7 heteroatoms. The average molecular weight is 359 g/mol. The number of hydrogen-bond donors (Lipinski definition) is 2. The Kier molecular flexibility index (Phi) is 5.18. The lowest BCUT2D eigenvalue weighted by Gasteiger charge is -2.12. The molecule has 0 fully saturated rings. The maximum atomic E-state index is 12.8. The van der Waals surface area contributed by atoms with Gasteiger partial charge in [0.25, 0.3) is 0 Å². The first-order valence-corrected chi connectivity index (χ1v) is 7.88. The van der Waals surface area contributed by atoms with Crippen molar-refractivity contribution in [3.63, 3.8) is 0 Å². The molecular formula is C19H16F3N3O. The van der Waals surface area contributed by atoms with Crippen molar-refractivity contribution in [1.29, 1.82) is 0 Å². The van der Waals surface area contributed by atoms with Gasteiger partial charge in [-0.05, 0) is 23.3 Å². The van der Waals surface area contributed by atoms with E-state index in [0.29, 0.717) is 17.1 Å². The molecule has 0 saturated carbocycles. The lowest BCUT2D eigenvalue weighted by atomic mass is 10.1. The van der Waals surface area contributed by atoms with Crippen LogP contribution in [0.1, 0.15) is 16.7 Å². The third-order valence-electron chi connectivity index (χ3n) is 3.82. The Morgan fingerprint density at radius 3 is 2.35 bits per heavy atom. The van der Waals surface area contributed by atoms with Gasteiger partial charge in [0.15, 0.2) is 5.82 Å². The van der Waals surface area contributed by atoms with E-state index in [1.54, 1.807) is 24.4 Å². The first-order valence-electron chi connectivity index (χ1n) is 7.88. The maximum Gasteiger partial charge on any atom is 0.416 e. The van der Waals surface area contributed by atoms with E-state index >= 15 is 0 Å². The molecule has 3 rings (SSSR count). The third-order valence-corrected chi connectivity index (χ3v) is 3.82. The molecule has 4 nitrogen and oxygen atoms in total. The fraction of sp³-hybridized carbons (Fsp3) is 0.158. The van der Waals surface area contributed by atoms with Crippen molar-refractivity contribution in [3.05, 3.63) is 77.6 Å². The van der Waals surface area contributed by atoms with Crippen molar-refractivity contribution in [2.45, 2.75) is 19.3 Å². The van der Waals surface area contributed by atoms with E-state index < -0.39 is 11.7 Å². The van der Waals surface area contributed by atoms with Crippen LogP contribution >= 0.6 is 0 Å². The summed E-state index contributed by atoms with van der Waals surface area (Å²) < 4.78 is 38.5. The van der Waals surface area contributed by atoms with Gasteiger partial charge in [0.1, 0.15) is 5.69 Å². The summed E-state index contributed by atoms with van der Waals surface area (Å²) >= 11 is 0. The number of benzene rings is 2. The number of anilines is 1. The Morgan fingerprint density at radius 2 is 1.65 bits per heavy atom. The summed E-state index contributed by atoms with van der Waals surface area (Å²) in [6, 6.07) is 12.3. The van der Waals surface area contributed by atoms with Crippen LogP contribution in [-0.4, -0.2) is 15.1 Å². The molecule has 0 bridgehead atoms. The van der Waals surface area contributed by atoms with Crippen LogP contribution in [0.5, 0.6) is 0 Å². The molecule has 2 N–H and O–H groups in total. The molecule has 0 aliphatic carbocycles. The molecule has 0 aliphatic heterocycles. The van der Waals surface area contributed by atoms with Crippen LogP contribution in [-0.2, 0) is 19.3 Å². The molecule has 134 valence electrons. The highest BCUT2D eigenvalue weighted by Crippen LogP contribution is 2.30. The molecule has 3 aromatic rings. The van der Waals surface area contributed by atoms with Crippen molar-refractivity contribution in [2.24, 2.45) is 0 Å². The van der Waals surface area contributed by atoms with Gasteiger partial charge in [-0.15, -0.1) is 0 Å².